The fraction of sp³-hybridized carbons (Fsp3) is 0.421. The molecule has 6 nitrogen and oxygen atoms in total. The van der Waals surface area contributed by atoms with Crippen molar-refractivity contribution in [1.82, 2.24) is 0 Å². The molecule has 2 heterocycles. The molecule has 0 aromatic carbocycles. The van der Waals surface area contributed by atoms with E-state index in [0.717, 1.165) is 5.57 Å². The van der Waals surface area contributed by atoms with Crippen molar-refractivity contribution < 1.29 is 28.6 Å². The lowest BCUT2D eigenvalue weighted by Gasteiger charge is -2.26. The molecule has 4 atom stereocenters. The molecule has 0 aromatic heterocycles. The van der Waals surface area contributed by atoms with Gasteiger partial charge in [-0.05, 0) is 26.0 Å². The molecule has 0 unspecified atom stereocenters. The average Bonchev–Trinajstić information content (AvgIpc) is 2.98. The summed E-state index contributed by atoms with van der Waals surface area (Å²) < 4.78 is 16.3. The van der Waals surface area contributed by atoms with E-state index >= 15 is 0 Å². The van der Waals surface area contributed by atoms with Crippen LogP contribution in [-0.4, -0.2) is 36.2 Å². The van der Waals surface area contributed by atoms with Gasteiger partial charge in [-0.2, -0.15) is 0 Å². The van der Waals surface area contributed by atoms with Crippen molar-refractivity contribution in [3.05, 3.63) is 47.6 Å². The van der Waals surface area contributed by atoms with E-state index in [4.69, 9.17) is 14.2 Å². The van der Waals surface area contributed by atoms with Crippen molar-refractivity contribution in [1.29, 1.82) is 0 Å². The minimum Gasteiger partial charge on any atom is -0.458 e. The van der Waals surface area contributed by atoms with E-state index in [1.807, 2.05) is 13.0 Å². The summed E-state index contributed by atoms with van der Waals surface area (Å²) in [7, 11) is 0. The van der Waals surface area contributed by atoms with Crippen LogP contribution >= 0.6 is 0 Å². The lowest BCUT2D eigenvalue weighted by Crippen LogP contribution is -2.34. The second-order valence-corrected chi connectivity index (χ2v) is 6.70. The fourth-order valence-electron chi connectivity index (χ4n) is 3.33. The normalized spacial score (nSPS) is 31.4. The monoisotopic (exact) mass is 344 g/mol. The molecule has 0 aromatic rings. The largest absolute Gasteiger partial charge is 0.458 e. The number of carbonyl (C=O) groups excluding carboxylic acids is 3. The molecular weight excluding hydrogens is 324 g/mol. The zero-order valence-corrected chi connectivity index (χ0v) is 14.2. The third-order valence-corrected chi connectivity index (χ3v) is 4.57. The fourth-order valence-corrected chi connectivity index (χ4v) is 3.33. The molecular formula is C19H20O6. The molecule has 0 N–H and O–H groups in total. The van der Waals surface area contributed by atoms with Gasteiger partial charge in [-0.25, -0.2) is 14.4 Å². The lowest BCUT2D eigenvalue weighted by atomic mass is 9.85. The number of esters is 3. The van der Waals surface area contributed by atoms with Crippen LogP contribution in [0, 0.1) is 5.92 Å². The van der Waals surface area contributed by atoms with Gasteiger partial charge in [0.15, 0.2) is 0 Å². The van der Waals surface area contributed by atoms with Gasteiger partial charge in [-0.3, -0.25) is 0 Å². The van der Waals surface area contributed by atoms with E-state index in [-0.39, 0.29) is 23.7 Å². The van der Waals surface area contributed by atoms with E-state index < -0.39 is 36.0 Å². The Morgan fingerprint density at radius 3 is 2.60 bits per heavy atom. The van der Waals surface area contributed by atoms with E-state index in [2.05, 4.69) is 13.2 Å². The van der Waals surface area contributed by atoms with Gasteiger partial charge in [0, 0.05) is 29.6 Å². The van der Waals surface area contributed by atoms with Crippen molar-refractivity contribution in [2.75, 3.05) is 0 Å². The number of hydrogen-bond donors (Lipinski definition) is 0. The minimum atomic E-state index is -0.771. The highest BCUT2D eigenvalue weighted by atomic mass is 16.6. The summed E-state index contributed by atoms with van der Waals surface area (Å²) in [4.78, 5) is 36.2. The lowest BCUT2D eigenvalue weighted by molar-refractivity contribution is -0.148. The van der Waals surface area contributed by atoms with Crippen molar-refractivity contribution in [3.8, 4) is 0 Å². The Labute approximate surface area is 145 Å². The molecule has 6 heteroatoms. The van der Waals surface area contributed by atoms with Crippen LogP contribution in [0.25, 0.3) is 0 Å². The van der Waals surface area contributed by atoms with Gasteiger partial charge in [0.25, 0.3) is 0 Å². The Morgan fingerprint density at radius 2 is 1.92 bits per heavy atom. The molecule has 0 spiro atoms. The topological polar surface area (TPSA) is 78.9 Å². The quantitative estimate of drug-likeness (QED) is 0.331. The summed E-state index contributed by atoms with van der Waals surface area (Å²) in [5.41, 5.74) is 1.82. The molecule has 1 aliphatic carbocycles. The first-order valence-corrected chi connectivity index (χ1v) is 8.11. The highest BCUT2D eigenvalue weighted by Gasteiger charge is 2.46. The predicted molar refractivity (Wildman–Crippen MR) is 88.2 cm³/mol. The number of fused-ring (bicyclic) bond motifs is 2. The first kappa shape index (κ1) is 17.2. The molecule has 3 rings (SSSR count). The van der Waals surface area contributed by atoms with Gasteiger partial charge in [0.2, 0.25) is 0 Å². The summed E-state index contributed by atoms with van der Waals surface area (Å²) >= 11 is 0. The van der Waals surface area contributed by atoms with Crippen molar-refractivity contribution >= 4 is 17.9 Å². The maximum Gasteiger partial charge on any atom is 0.334 e. The Hall–Kier alpha value is -2.63. The smallest absolute Gasteiger partial charge is 0.334 e. The zero-order chi connectivity index (χ0) is 18.3. The summed E-state index contributed by atoms with van der Waals surface area (Å²) in [6.07, 6.45) is 2.52. The molecule has 0 saturated carbocycles. The summed E-state index contributed by atoms with van der Waals surface area (Å²) in [5, 5.41) is 0. The summed E-state index contributed by atoms with van der Waals surface area (Å²) in [6.45, 7) is 10.8. The van der Waals surface area contributed by atoms with E-state index in [1.54, 1.807) is 6.08 Å². The van der Waals surface area contributed by atoms with Crippen LogP contribution in [0.15, 0.2) is 47.6 Å². The minimum absolute atomic E-state index is 0.137. The van der Waals surface area contributed by atoms with Crippen LogP contribution in [0.5, 0.6) is 0 Å². The van der Waals surface area contributed by atoms with Crippen LogP contribution in [-0.2, 0) is 28.6 Å². The van der Waals surface area contributed by atoms with Crippen LogP contribution in [0.4, 0.5) is 0 Å². The third kappa shape index (κ3) is 3.29. The molecule has 3 aliphatic rings. The Kier molecular flexibility index (Phi) is 4.37. The van der Waals surface area contributed by atoms with Gasteiger partial charge in [-0.1, -0.05) is 18.7 Å². The number of ether oxygens (including phenoxy) is 3. The van der Waals surface area contributed by atoms with Crippen molar-refractivity contribution in [2.24, 2.45) is 5.92 Å². The van der Waals surface area contributed by atoms with Crippen LogP contribution in [0.1, 0.15) is 26.7 Å². The number of rotatable bonds is 2. The predicted octanol–water partition coefficient (Wildman–Crippen LogP) is 2.16. The third-order valence-electron chi connectivity index (χ3n) is 4.57. The Balaban J connectivity index is 2.01. The Bertz CT molecular complexity index is 741. The van der Waals surface area contributed by atoms with Gasteiger partial charge < -0.3 is 14.2 Å². The first-order chi connectivity index (χ1) is 11.8. The summed E-state index contributed by atoms with van der Waals surface area (Å²) in [5.74, 6) is -2.09. The number of hydrogen-bond acceptors (Lipinski definition) is 6. The molecule has 25 heavy (non-hydrogen) atoms. The first-order valence-electron chi connectivity index (χ1n) is 8.11. The number of carbonyl (C=O) groups is 3. The Morgan fingerprint density at radius 1 is 1.20 bits per heavy atom. The van der Waals surface area contributed by atoms with Crippen LogP contribution < -0.4 is 0 Å². The van der Waals surface area contributed by atoms with Crippen LogP contribution in [0.2, 0.25) is 0 Å². The molecule has 2 bridgehead atoms. The zero-order valence-electron chi connectivity index (χ0n) is 14.2. The van der Waals surface area contributed by atoms with Crippen molar-refractivity contribution in [3.63, 3.8) is 0 Å². The summed E-state index contributed by atoms with van der Waals surface area (Å²) in [6, 6.07) is 0. The molecule has 0 amide bonds. The molecule has 1 fully saturated rings. The van der Waals surface area contributed by atoms with Crippen molar-refractivity contribution in [2.45, 2.75) is 45.0 Å². The SMILES string of the molecule is C=C(C)C(=O)O[C@H]1CC2=C[C@@H](CC(C)=C[C@H]3OC(=O)C(=C)[C@H]13)OC2=O. The standard InChI is InChI=1S/C19H20O6/c1-9(2)17(20)24-15-8-12-7-13(23-19(12)22)5-10(3)6-14-16(15)11(4)18(21)25-14/h6-7,13-16H,1,4-5,8H2,2-3H3/t13-,14-,15+,16+/m1/s1. The van der Waals surface area contributed by atoms with Gasteiger partial charge in [0.05, 0.1) is 5.92 Å². The van der Waals surface area contributed by atoms with Gasteiger partial charge in [0.1, 0.15) is 18.3 Å². The maximum atomic E-state index is 12.1. The van der Waals surface area contributed by atoms with Crippen LogP contribution in [0.3, 0.4) is 0 Å². The average molecular weight is 344 g/mol. The molecule has 1 saturated heterocycles. The van der Waals surface area contributed by atoms with E-state index in [0.29, 0.717) is 12.0 Å². The second-order valence-electron chi connectivity index (χ2n) is 6.70. The highest BCUT2D eigenvalue weighted by molar-refractivity contribution is 5.93. The highest BCUT2D eigenvalue weighted by Crippen LogP contribution is 2.38. The van der Waals surface area contributed by atoms with Gasteiger partial charge in [-0.15, -0.1) is 0 Å². The molecule has 0 radical (unpaired) electrons. The van der Waals surface area contributed by atoms with E-state index in [1.165, 1.54) is 6.92 Å². The second kappa shape index (κ2) is 6.35. The maximum absolute atomic E-state index is 12.1. The molecule has 2 aliphatic heterocycles. The van der Waals surface area contributed by atoms with Gasteiger partial charge >= 0.3 is 17.9 Å². The molecule has 132 valence electrons. The van der Waals surface area contributed by atoms with E-state index in [9.17, 15) is 14.4 Å².